The van der Waals surface area contributed by atoms with Gasteiger partial charge >= 0.3 is 0 Å². The van der Waals surface area contributed by atoms with Crippen LogP contribution in [0.4, 0.5) is 0 Å². The highest BCUT2D eigenvalue weighted by atomic mass is 33.1. The SMILES string of the molecule is CCCCCCC(CCCC)C(CCCCCC)SSc1ccccc1. The van der Waals surface area contributed by atoms with Crippen molar-refractivity contribution in [2.45, 2.75) is 114 Å². The molecule has 0 saturated carbocycles. The maximum absolute atomic E-state index is 2.34. The lowest BCUT2D eigenvalue weighted by atomic mass is 9.89. The summed E-state index contributed by atoms with van der Waals surface area (Å²) in [6.45, 7) is 6.98. The predicted molar refractivity (Wildman–Crippen MR) is 124 cm³/mol. The maximum Gasteiger partial charge on any atom is 0.0183 e. The molecule has 0 nitrogen and oxygen atoms in total. The van der Waals surface area contributed by atoms with E-state index in [9.17, 15) is 0 Å². The van der Waals surface area contributed by atoms with Gasteiger partial charge in [-0.15, -0.1) is 0 Å². The van der Waals surface area contributed by atoms with Gasteiger partial charge in [0, 0.05) is 10.1 Å². The molecule has 0 fully saturated rings. The van der Waals surface area contributed by atoms with Crippen LogP contribution >= 0.6 is 21.6 Å². The van der Waals surface area contributed by atoms with Crippen LogP contribution in [-0.2, 0) is 0 Å². The molecule has 150 valence electrons. The highest BCUT2D eigenvalue weighted by Gasteiger charge is 2.22. The summed E-state index contributed by atoms with van der Waals surface area (Å²) >= 11 is 0. The van der Waals surface area contributed by atoms with Gasteiger partial charge in [0.1, 0.15) is 0 Å². The third-order valence-corrected chi connectivity index (χ3v) is 8.27. The van der Waals surface area contributed by atoms with E-state index in [2.05, 4.69) is 61.9 Å². The van der Waals surface area contributed by atoms with Crippen molar-refractivity contribution in [2.24, 2.45) is 5.92 Å². The molecule has 0 amide bonds. The van der Waals surface area contributed by atoms with Crippen molar-refractivity contribution < 1.29 is 0 Å². The van der Waals surface area contributed by atoms with Crippen LogP contribution in [0.3, 0.4) is 0 Å². The molecular formula is C24H42S2. The number of hydrogen-bond donors (Lipinski definition) is 0. The zero-order chi connectivity index (χ0) is 18.9. The predicted octanol–water partition coefficient (Wildman–Crippen LogP) is 9.54. The van der Waals surface area contributed by atoms with Crippen LogP contribution in [0, 0.1) is 5.92 Å². The lowest BCUT2D eigenvalue weighted by Crippen LogP contribution is -2.17. The van der Waals surface area contributed by atoms with Crippen molar-refractivity contribution in [3.05, 3.63) is 30.3 Å². The Balaban J connectivity index is 2.60. The van der Waals surface area contributed by atoms with Gasteiger partial charge in [0.2, 0.25) is 0 Å². The fourth-order valence-electron chi connectivity index (χ4n) is 3.54. The van der Waals surface area contributed by atoms with Gasteiger partial charge in [-0.1, -0.05) is 125 Å². The second-order valence-corrected chi connectivity index (χ2v) is 10.1. The summed E-state index contributed by atoms with van der Waals surface area (Å²) in [6.07, 6.45) is 18.2. The molecule has 2 heteroatoms. The fourth-order valence-corrected chi connectivity index (χ4v) is 6.54. The molecule has 0 N–H and O–H groups in total. The summed E-state index contributed by atoms with van der Waals surface area (Å²) in [6, 6.07) is 11.0. The Morgan fingerprint density at radius 3 is 1.85 bits per heavy atom. The van der Waals surface area contributed by atoms with Crippen molar-refractivity contribution >= 4 is 21.6 Å². The summed E-state index contributed by atoms with van der Waals surface area (Å²) in [7, 11) is 4.19. The van der Waals surface area contributed by atoms with Crippen LogP contribution in [0.1, 0.15) is 104 Å². The highest BCUT2D eigenvalue weighted by Crippen LogP contribution is 2.42. The summed E-state index contributed by atoms with van der Waals surface area (Å²) in [5.41, 5.74) is 0. The molecule has 0 aliphatic carbocycles. The highest BCUT2D eigenvalue weighted by molar-refractivity contribution is 8.76. The average Bonchev–Trinajstić information content (AvgIpc) is 2.68. The van der Waals surface area contributed by atoms with Gasteiger partial charge in [0.15, 0.2) is 0 Å². The topological polar surface area (TPSA) is 0 Å². The molecule has 1 rings (SSSR count). The molecule has 0 aliphatic rings. The molecule has 0 heterocycles. The third kappa shape index (κ3) is 11.6. The summed E-state index contributed by atoms with van der Waals surface area (Å²) < 4.78 is 0. The van der Waals surface area contributed by atoms with Gasteiger partial charge in [0.25, 0.3) is 0 Å². The Labute approximate surface area is 172 Å². The molecule has 0 aliphatic heterocycles. The average molecular weight is 395 g/mol. The molecule has 1 aromatic carbocycles. The zero-order valence-electron chi connectivity index (χ0n) is 17.6. The van der Waals surface area contributed by atoms with Crippen LogP contribution in [-0.4, -0.2) is 5.25 Å². The van der Waals surface area contributed by atoms with Crippen LogP contribution in [0.15, 0.2) is 35.2 Å². The lowest BCUT2D eigenvalue weighted by molar-refractivity contribution is 0.383. The molecule has 2 unspecified atom stereocenters. The largest absolute Gasteiger partial charge is 0.0852 e. The first-order chi connectivity index (χ1) is 12.8. The standard InChI is InChI=1S/C24H42S2/c1-4-7-10-13-18-22(17-9-6-3)24(21-16-11-8-5-2)26-25-23-19-14-12-15-20-23/h12,14-15,19-20,22,24H,4-11,13,16-18,21H2,1-3H3. The summed E-state index contributed by atoms with van der Waals surface area (Å²) in [4.78, 5) is 1.41. The van der Waals surface area contributed by atoms with Gasteiger partial charge in [-0.25, -0.2) is 0 Å². The quantitative estimate of drug-likeness (QED) is 0.190. The number of unbranched alkanes of at least 4 members (excludes halogenated alkanes) is 7. The van der Waals surface area contributed by atoms with Gasteiger partial charge in [-0.05, 0) is 37.3 Å². The Hall–Kier alpha value is -0.0800. The van der Waals surface area contributed by atoms with E-state index in [1.54, 1.807) is 0 Å². The second-order valence-electron chi connectivity index (χ2n) is 7.63. The van der Waals surface area contributed by atoms with Crippen LogP contribution < -0.4 is 0 Å². The van der Waals surface area contributed by atoms with Gasteiger partial charge in [-0.3, -0.25) is 0 Å². The molecule has 2 atom stereocenters. The van der Waals surface area contributed by atoms with E-state index >= 15 is 0 Å². The smallest absolute Gasteiger partial charge is 0.0183 e. The van der Waals surface area contributed by atoms with E-state index < -0.39 is 0 Å². The fraction of sp³-hybridized carbons (Fsp3) is 0.750. The van der Waals surface area contributed by atoms with Crippen molar-refractivity contribution in [2.75, 3.05) is 0 Å². The van der Waals surface area contributed by atoms with Crippen molar-refractivity contribution in [1.29, 1.82) is 0 Å². The molecule has 0 bridgehead atoms. The van der Waals surface area contributed by atoms with Crippen molar-refractivity contribution in [3.63, 3.8) is 0 Å². The molecule has 0 spiro atoms. The third-order valence-electron chi connectivity index (χ3n) is 5.24. The first-order valence-corrected chi connectivity index (χ1v) is 13.4. The summed E-state index contributed by atoms with van der Waals surface area (Å²) in [5.74, 6) is 0.912. The van der Waals surface area contributed by atoms with E-state index in [4.69, 9.17) is 0 Å². The number of benzene rings is 1. The number of rotatable bonds is 17. The van der Waals surface area contributed by atoms with E-state index in [-0.39, 0.29) is 0 Å². The maximum atomic E-state index is 2.34. The zero-order valence-corrected chi connectivity index (χ0v) is 19.2. The van der Waals surface area contributed by atoms with Crippen molar-refractivity contribution in [3.8, 4) is 0 Å². The van der Waals surface area contributed by atoms with Crippen LogP contribution in [0.2, 0.25) is 0 Å². The monoisotopic (exact) mass is 394 g/mol. The normalized spacial score (nSPS) is 13.7. The molecule has 0 aromatic heterocycles. The van der Waals surface area contributed by atoms with E-state index in [0.717, 1.165) is 11.2 Å². The van der Waals surface area contributed by atoms with Crippen LogP contribution in [0.25, 0.3) is 0 Å². The Bertz CT molecular complexity index is 404. The van der Waals surface area contributed by atoms with Crippen LogP contribution in [0.5, 0.6) is 0 Å². The second kappa shape index (κ2) is 17.0. The lowest BCUT2D eigenvalue weighted by Gasteiger charge is -2.27. The Morgan fingerprint density at radius 2 is 1.23 bits per heavy atom. The van der Waals surface area contributed by atoms with Gasteiger partial charge in [-0.2, -0.15) is 0 Å². The first-order valence-electron chi connectivity index (χ1n) is 11.2. The molecule has 26 heavy (non-hydrogen) atoms. The number of hydrogen-bond acceptors (Lipinski definition) is 2. The van der Waals surface area contributed by atoms with Gasteiger partial charge in [0.05, 0.1) is 0 Å². The Morgan fingerprint density at radius 1 is 0.654 bits per heavy atom. The minimum absolute atomic E-state index is 0.824. The van der Waals surface area contributed by atoms with E-state index in [0.29, 0.717) is 0 Å². The minimum Gasteiger partial charge on any atom is -0.0852 e. The first kappa shape index (κ1) is 24.0. The van der Waals surface area contributed by atoms with Gasteiger partial charge < -0.3 is 0 Å². The van der Waals surface area contributed by atoms with E-state index in [1.165, 1.54) is 88.4 Å². The Kier molecular flexibility index (Phi) is 15.7. The minimum atomic E-state index is 0.824. The molecule has 0 radical (unpaired) electrons. The van der Waals surface area contributed by atoms with Crippen molar-refractivity contribution in [1.82, 2.24) is 0 Å². The summed E-state index contributed by atoms with van der Waals surface area (Å²) in [5, 5.41) is 0.824. The molecular weight excluding hydrogens is 352 g/mol. The molecule has 0 saturated heterocycles. The molecule has 1 aromatic rings. The van der Waals surface area contributed by atoms with E-state index in [1.807, 2.05) is 10.8 Å².